The van der Waals surface area contributed by atoms with Gasteiger partial charge in [-0.3, -0.25) is 9.69 Å². The third-order valence-corrected chi connectivity index (χ3v) is 4.58. The zero-order valence-corrected chi connectivity index (χ0v) is 11.1. The molecule has 1 heterocycles. The molecule has 1 saturated carbocycles. The van der Waals surface area contributed by atoms with Gasteiger partial charge in [-0.15, -0.1) is 0 Å². The molecule has 0 aromatic heterocycles. The number of rotatable bonds is 2. The molecule has 1 aromatic carbocycles. The maximum absolute atomic E-state index is 12.6. The first-order valence-electron chi connectivity index (χ1n) is 7.09. The van der Waals surface area contributed by atoms with Crippen molar-refractivity contribution in [1.29, 1.82) is 0 Å². The van der Waals surface area contributed by atoms with Crippen LogP contribution < -0.4 is 0 Å². The van der Waals surface area contributed by atoms with Gasteiger partial charge in [0.05, 0.1) is 0 Å². The van der Waals surface area contributed by atoms with Crippen molar-refractivity contribution in [3.63, 3.8) is 0 Å². The van der Waals surface area contributed by atoms with Crippen LogP contribution in [0.1, 0.15) is 43.2 Å². The van der Waals surface area contributed by atoms with Crippen LogP contribution in [0.15, 0.2) is 24.3 Å². The van der Waals surface area contributed by atoms with E-state index in [2.05, 4.69) is 36.1 Å². The predicted molar refractivity (Wildman–Crippen MR) is 72.5 cm³/mol. The summed E-state index contributed by atoms with van der Waals surface area (Å²) in [7, 11) is 0. The average molecular weight is 243 g/mol. The number of carbonyl (C=O) groups excluding carboxylic acids is 1. The quantitative estimate of drug-likeness (QED) is 0.795. The Balaban J connectivity index is 2.03. The molecule has 96 valence electrons. The number of hydrogen-bond acceptors (Lipinski definition) is 2. The Hall–Kier alpha value is -1.15. The standard InChI is InChI=1S/C16H21NO/c1-13-6-8-14(9-7-13)16(17-11-4-12-17)10-3-2-5-15(16)18/h6-9H,2-5,10-12H2,1H3. The molecule has 1 saturated heterocycles. The second-order valence-electron chi connectivity index (χ2n) is 5.70. The van der Waals surface area contributed by atoms with Crippen LogP contribution in [-0.2, 0) is 10.3 Å². The van der Waals surface area contributed by atoms with E-state index < -0.39 is 0 Å². The van der Waals surface area contributed by atoms with Crippen molar-refractivity contribution in [1.82, 2.24) is 4.90 Å². The number of nitrogens with zero attached hydrogens (tertiary/aromatic N) is 1. The van der Waals surface area contributed by atoms with Gasteiger partial charge in [-0.05, 0) is 31.7 Å². The molecule has 0 spiro atoms. The number of carbonyl (C=O) groups is 1. The molecule has 2 nitrogen and oxygen atoms in total. The summed E-state index contributed by atoms with van der Waals surface area (Å²) in [5.74, 6) is 0.442. The minimum Gasteiger partial charge on any atom is -0.297 e. The summed E-state index contributed by atoms with van der Waals surface area (Å²) in [6.07, 6.45) is 5.25. The van der Waals surface area contributed by atoms with Crippen molar-refractivity contribution in [2.45, 2.75) is 44.6 Å². The minimum absolute atomic E-state index is 0.287. The Bertz CT molecular complexity index is 447. The van der Waals surface area contributed by atoms with Gasteiger partial charge < -0.3 is 0 Å². The van der Waals surface area contributed by atoms with Crippen molar-refractivity contribution >= 4 is 5.78 Å². The Morgan fingerprint density at radius 3 is 2.33 bits per heavy atom. The maximum atomic E-state index is 12.6. The molecule has 1 unspecified atom stereocenters. The Labute approximate surface area is 109 Å². The largest absolute Gasteiger partial charge is 0.297 e. The zero-order valence-electron chi connectivity index (χ0n) is 11.1. The Morgan fingerprint density at radius 2 is 1.78 bits per heavy atom. The molecule has 0 amide bonds. The average Bonchev–Trinajstić information content (AvgIpc) is 2.31. The van der Waals surface area contributed by atoms with Crippen molar-refractivity contribution in [3.8, 4) is 0 Å². The number of aryl methyl sites for hydroxylation is 1. The lowest BCUT2D eigenvalue weighted by molar-refractivity contribution is -0.138. The van der Waals surface area contributed by atoms with Gasteiger partial charge in [0.1, 0.15) is 5.54 Å². The van der Waals surface area contributed by atoms with E-state index in [1.165, 1.54) is 24.0 Å². The van der Waals surface area contributed by atoms with Gasteiger partial charge in [0.15, 0.2) is 5.78 Å². The molecule has 0 radical (unpaired) electrons. The summed E-state index contributed by atoms with van der Waals surface area (Å²) >= 11 is 0. The maximum Gasteiger partial charge on any atom is 0.157 e. The van der Waals surface area contributed by atoms with Gasteiger partial charge >= 0.3 is 0 Å². The van der Waals surface area contributed by atoms with Crippen molar-refractivity contribution in [3.05, 3.63) is 35.4 Å². The fourth-order valence-corrected chi connectivity index (χ4v) is 3.36. The minimum atomic E-state index is -0.287. The first-order chi connectivity index (χ1) is 8.73. The molecule has 3 rings (SSSR count). The van der Waals surface area contributed by atoms with Gasteiger partial charge in [-0.1, -0.05) is 36.2 Å². The number of Topliss-reactive ketones (excluding diaryl/α,β-unsaturated/α-hetero) is 1. The van der Waals surface area contributed by atoms with Crippen LogP contribution in [0.25, 0.3) is 0 Å². The van der Waals surface area contributed by atoms with Crippen LogP contribution in [-0.4, -0.2) is 23.8 Å². The van der Waals surface area contributed by atoms with Gasteiger partial charge in [-0.25, -0.2) is 0 Å². The predicted octanol–water partition coefficient (Wildman–Crippen LogP) is 3.04. The summed E-state index contributed by atoms with van der Waals surface area (Å²) in [6.45, 7) is 4.27. The smallest absolute Gasteiger partial charge is 0.157 e. The lowest BCUT2D eigenvalue weighted by Crippen LogP contribution is -2.58. The van der Waals surface area contributed by atoms with E-state index in [1.54, 1.807) is 0 Å². The number of ketones is 1. The first kappa shape index (κ1) is 11.9. The van der Waals surface area contributed by atoms with E-state index >= 15 is 0 Å². The van der Waals surface area contributed by atoms with Crippen LogP contribution in [0.2, 0.25) is 0 Å². The summed E-state index contributed by atoms with van der Waals surface area (Å²) in [5, 5.41) is 0. The molecule has 0 bridgehead atoms. The Morgan fingerprint density at radius 1 is 1.06 bits per heavy atom. The fraction of sp³-hybridized carbons (Fsp3) is 0.562. The number of hydrogen-bond donors (Lipinski definition) is 0. The molecular weight excluding hydrogens is 222 g/mol. The van der Waals surface area contributed by atoms with Crippen LogP contribution in [0.3, 0.4) is 0 Å². The molecule has 1 aliphatic heterocycles. The van der Waals surface area contributed by atoms with E-state index in [-0.39, 0.29) is 5.54 Å². The van der Waals surface area contributed by atoms with Gasteiger partial charge in [-0.2, -0.15) is 0 Å². The third kappa shape index (κ3) is 1.71. The lowest BCUT2D eigenvalue weighted by Gasteiger charge is -2.50. The van der Waals surface area contributed by atoms with Gasteiger partial charge in [0, 0.05) is 19.5 Å². The van der Waals surface area contributed by atoms with E-state index in [9.17, 15) is 4.79 Å². The van der Waals surface area contributed by atoms with Crippen molar-refractivity contribution in [2.24, 2.45) is 0 Å². The highest BCUT2D eigenvalue weighted by molar-refractivity contribution is 5.90. The number of likely N-dealkylation sites (tertiary alicyclic amines) is 1. The molecule has 2 aliphatic rings. The highest BCUT2D eigenvalue weighted by atomic mass is 16.1. The van der Waals surface area contributed by atoms with Gasteiger partial charge in [0.2, 0.25) is 0 Å². The third-order valence-electron chi connectivity index (χ3n) is 4.58. The highest BCUT2D eigenvalue weighted by Crippen LogP contribution is 2.42. The topological polar surface area (TPSA) is 20.3 Å². The molecule has 1 aliphatic carbocycles. The zero-order chi connectivity index (χ0) is 12.6. The van der Waals surface area contributed by atoms with E-state index in [4.69, 9.17) is 0 Å². The summed E-state index contributed by atoms with van der Waals surface area (Å²) in [5.41, 5.74) is 2.20. The van der Waals surface area contributed by atoms with E-state index in [0.717, 1.165) is 32.4 Å². The molecule has 0 N–H and O–H groups in total. The van der Waals surface area contributed by atoms with Crippen LogP contribution in [0.5, 0.6) is 0 Å². The van der Waals surface area contributed by atoms with E-state index in [1.807, 2.05) is 0 Å². The Kier molecular flexibility index (Phi) is 2.98. The fourth-order valence-electron chi connectivity index (χ4n) is 3.36. The first-order valence-corrected chi connectivity index (χ1v) is 7.09. The van der Waals surface area contributed by atoms with Crippen LogP contribution in [0, 0.1) is 6.92 Å². The second kappa shape index (κ2) is 4.51. The molecule has 2 heteroatoms. The lowest BCUT2D eigenvalue weighted by atomic mass is 9.73. The van der Waals surface area contributed by atoms with Crippen LogP contribution >= 0.6 is 0 Å². The molecule has 2 fully saturated rings. The molecule has 1 atom stereocenters. The van der Waals surface area contributed by atoms with Gasteiger partial charge in [0.25, 0.3) is 0 Å². The molecule has 18 heavy (non-hydrogen) atoms. The summed E-state index contributed by atoms with van der Waals surface area (Å²) in [4.78, 5) is 15.0. The SMILES string of the molecule is Cc1ccc(C2(N3CCC3)CCCCC2=O)cc1. The van der Waals surface area contributed by atoms with Crippen LogP contribution in [0.4, 0.5) is 0 Å². The number of benzene rings is 1. The summed E-state index contributed by atoms with van der Waals surface area (Å²) in [6, 6.07) is 8.60. The monoisotopic (exact) mass is 243 g/mol. The van der Waals surface area contributed by atoms with Crippen molar-refractivity contribution in [2.75, 3.05) is 13.1 Å². The highest BCUT2D eigenvalue weighted by Gasteiger charge is 2.47. The van der Waals surface area contributed by atoms with E-state index in [0.29, 0.717) is 5.78 Å². The normalized spacial score (nSPS) is 29.1. The second-order valence-corrected chi connectivity index (χ2v) is 5.70. The molecule has 1 aromatic rings. The van der Waals surface area contributed by atoms with Crippen molar-refractivity contribution < 1.29 is 4.79 Å². The summed E-state index contributed by atoms with van der Waals surface area (Å²) < 4.78 is 0. The molecular formula is C16H21NO.